The number of nitrogens with zero attached hydrogens (tertiary/aromatic N) is 2. The molecule has 0 saturated carbocycles. The van der Waals surface area contributed by atoms with E-state index in [9.17, 15) is 4.79 Å². The number of benzene rings is 6. The number of hydrogen-bond acceptors (Lipinski definition) is 4. The van der Waals surface area contributed by atoms with E-state index in [0.29, 0.717) is 0 Å². The molecule has 8 aromatic rings. The van der Waals surface area contributed by atoms with Gasteiger partial charge in [0.25, 0.3) is 0 Å². The average Bonchev–Trinajstić information content (AvgIpc) is 3.11. The summed E-state index contributed by atoms with van der Waals surface area (Å²) >= 11 is 0. The summed E-state index contributed by atoms with van der Waals surface area (Å²) in [7, 11) is 0. The van der Waals surface area contributed by atoms with Crippen LogP contribution in [0.5, 0.6) is 0 Å². The number of aliphatic hydroxyl groups is 1. The molecule has 2 aromatic heterocycles. The number of fused-ring (bicyclic) bond motifs is 4. The van der Waals surface area contributed by atoms with Gasteiger partial charge in [-0.1, -0.05) is 108 Å². The Kier molecular flexibility index (Phi) is 11.7. The van der Waals surface area contributed by atoms with Crippen LogP contribution in [0.15, 0.2) is 145 Å². The monoisotopic (exact) mass is 829 g/mol. The van der Waals surface area contributed by atoms with Crippen molar-refractivity contribution in [2.45, 2.75) is 27.7 Å². The maximum Gasteiger partial charge on any atom is 0.155 e. The Morgan fingerprint density at radius 1 is 0.580 bits per heavy atom. The van der Waals surface area contributed by atoms with E-state index in [4.69, 9.17) is 15.1 Å². The second-order valence-corrected chi connectivity index (χ2v) is 12.0. The number of aromatic nitrogens is 2. The molecule has 4 nitrogen and oxygen atoms in total. The summed E-state index contributed by atoms with van der Waals surface area (Å²) in [6.45, 7) is 7.12. The van der Waals surface area contributed by atoms with E-state index in [1.807, 2.05) is 24.3 Å². The Balaban J connectivity index is 0.000000162. The maximum atomic E-state index is 10.0. The predicted octanol–water partition coefficient (Wildman–Crippen LogP) is 11.4. The molecular weight excluding hydrogens is 793 g/mol. The van der Waals surface area contributed by atoms with Gasteiger partial charge in [-0.05, 0) is 62.3 Å². The Hall–Kier alpha value is -5.48. The van der Waals surface area contributed by atoms with Crippen LogP contribution < -0.4 is 0 Å². The molecule has 50 heavy (non-hydrogen) atoms. The molecule has 0 spiro atoms. The molecular formula is C45H36IrN2O2-2. The summed E-state index contributed by atoms with van der Waals surface area (Å²) in [6.07, 6.45) is 1.17. The standard InChI is InChI=1S/2C20H14N.C5H8O2.Ir/c2*1-14-13-20(21-19-12-5-4-9-16(14)19)18-11-6-8-15-7-2-3-10-17(15)18;1-4(6)3-5(2)7;/h2*2-10,12-13H,1H3;3,6H,1-2H3;/q2*-1;;/b;;4-3-;. The second-order valence-electron chi connectivity index (χ2n) is 12.0. The Labute approximate surface area is 306 Å². The fourth-order valence-electron chi connectivity index (χ4n) is 6.00. The molecule has 6 aromatic carbocycles. The number of carbonyl (C=O) groups is 1. The summed E-state index contributed by atoms with van der Waals surface area (Å²) < 4.78 is 0. The van der Waals surface area contributed by atoms with E-state index < -0.39 is 0 Å². The largest absolute Gasteiger partial charge is 0.512 e. The van der Waals surface area contributed by atoms with Crippen LogP contribution in [0.25, 0.3) is 65.9 Å². The van der Waals surface area contributed by atoms with E-state index in [-0.39, 0.29) is 31.6 Å². The Morgan fingerprint density at radius 3 is 1.34 bits per heavy atom. The molecule has 1 radical (unpaired) electrons. The van der Waals surface area contributed by atoms with Crippen LogP contribution in [-0.2, 0) is 24.9 Å². The normalized spacial score (nSPS) is 10.9. The number of rotatable bonds is 3. The van der Waals surface area contributed by atoms with Crippen molar-refractivity contribution in [3.05, 3.63) is 169 Å². The first-order valence-electron chi connectivity index (χ1n) is 16.2. The molecule has 0 saturated heterocycles. The van der Waals surface area contributed by atoms with Crippen LogP contribution in [0.1, 0.15) is 25.0 Å². The van der Waals surface area contributed by atoms with E-state index in [0.717, 1.165) is 33.5 Å². The average molecular weight is 829 g/mol. The van der Waals surface area contributed by atoms with Gasteiger partial charge >= 0.3 is 0 Å². The number of allylic oxidation sites excluding steroid dienone is 2. The van der Waals surface area contributed by atoms with Crippen molar-refractivity contribution in [3.8, 4) is 22.5 Å². The number of para-hydroxylation sites is 2. The van der Waals surface area contributed by atoms with Gasteiger partial charge in [0.1, 0.15) is 0 Å². The molecule has 1 N–H and O–H groups in total. The summed E-state index contributed by atoms with van der Waals surface area (Å²) in [6, 6.07) is 52.5. The van der Waals surface area contributed by atoms with Crippen LogP contribution in [0.2, 0.25) is 0 Å². The number of carbonyl (C=O) groups excluding carboxylic acids is 1. The van der Waals surface area contributed by atoms with Gasteiger partial charge in [0.15, 0.2) is 5.78 Å². The molecule has 0 aliphatic carbocycles. The third-order valence-electron chi connectivity index (χ3n) is 8.21. The zero-order chi connectivity index (χ0) is 34.3. The smallest absolute Gasteiger partial charge is 0.155 e. The van der Waals surface area contributed by atoms with Crippen molar-refractivity contribution in [2.75, 3.05) is 0 Å². The van der Waals surface area contributed by atoms with Crippen LogP contribution in [0.4, 0.5) is 0 Å². The minimum Gasteiger partial charge on any atom is -0.512 e. The second kappa shape index (κ2) is 16.3. The summed E-state index contributed by atoms with van der Waals surface area (Å²) in [5.74, 6) is -0.0625. The summed E-state index contributed by atoms with van der Waals surface area (Å²) in [4.78, 5) is 19.7. The van der Waals surface area contributed by atoms with Gasteiger partial charge in [-0.25, -0.2) is 0 Å². The van der Waals surface area contributed by atoms with Crippen molar-refractivity contribution in [2.24, 2.45) is 0 Å². The van der Waals surface area contributed by atoms with Gasteiger partial charge in [-0.3, -0.25) is 14.8 Å². The summed E-state index contributed by atoms with van der Waals surface area (Å²) in [5, 5.41) is 15.6. The SMILES string of the molecule is CC(=O)/C=C(/C)O.Cc1cc(-c2[c-]ccc3ccccc23)nc2ccccc12.Cc1cc(-c2[c-]ccc3ccccc23)nc2ccccc12.[Ir]. The molecule has 8 rings (SSSR count). The van der Waals surface area contributed by atoms with Gasteiger partial charge in [-0.2, -0.15) is 0 Å². The van der Waals surface area contributed by atoms with Crippen molar-refractivity contribution in [1.82, 2.24) is 9.97 Å². The third kappa shape index (κ3) is 8.20. The van der Waals surface area contributed by atoms with Crippen molar-refractivity contribution >= 4 is 49.1 Å². The molecule has 0 bridgehead atoms. The zero-order valence-electron chi connectivity index (χ0n) is 28.4. The number of ketones is 1. The molecule has 0 unspecified atom stereocenters. The van der Waals surface area contributed by atoms with Crippen LogP contribution in [0, 0.1) is 26.0 Å². The fraction of sp³-hybridized carbons (Fsp3) is 0.0889. The van der Waals surface area contributed by atoms with Crippen molar-refractivity contribution in [3.63, 3.8) is 0 Å². The topological polar surface area (TPSA) is 63.1 Å². The first kappa shape index (κ1) is 35.8. The molecule has 5 heteroatoms. The number of aliphatic hydroxyl groups excluding tert-OH is 1. The number of pyridine rings is 2. The van der Waals surface area contributed by atoms with E-state index in [2.05, 4.69) is 135 Å². The molecule has 0 aliphatic heterocycles. The first-order valence-corrected chi connectivity index (χ1v) is 16.2. The van der Waals surface area contributed by atoms with E-state index in [1.54, 1.807) is 0 Å². The predicted molar refractivity (Wildman–Crippen MR) is 204 cm³/mol. The van der Waals surface area contributed by atoms with Crippen LogP contribution in [-0.4, -0.2) is 20.9 Å². The number of hydrogen-bond donors (Lipinski definition) is 1. The Morgan fingerprint density at radius 2 is 0.960 bits per heavy atom. The Bertz CT molecular complexity index is 2310. The van der Waals surface area contributed by atoms with Gasteiger partial charge in [-0.15, -0.1) is 58.3 Å². The molecule has 2 heterocycles. The third-order valence-corrected chi connectivity index (χ3v) is 8.21. The van der Waals surface area contributed by atoms with Crippen molar-refractivity contribution in [1.29, 1.82) is 0 Å². The molecule has 0 fully saturated rings. The van der Waals surface area contributed by atoms with Crippen LogP contribution >= 0.6 is 0 Å². The van der Waals surface area contributed by atoms with Gasteiger partial charge in [0.2, 0.25) is 0 Å². The van der Waals surface area contributed by atoms with Gasteiger partial charge in [0, 0.05) is 37.0 Å². The zero-order valence-corrected chi connectivity index (χ0v) is 30.8. The van der Waals surface area contributed by atoms with Gasteiger partial charge in [0.05, 0.1) is 16.8 Å². The van der Waals surface area contributed by atoms with Crippen molar-refractivity contribution < 1.29 is 30.0 Å². The van der Waals surface area contributed by atoms with Crippen LogP contribution in [0.3, 0.4) is 0 Å². The maximum absolute atomic E-state index is 10.0. The summed E-state index contributed by atoms with van der Waals surface area (Å²) in [5.41, 5.74) is 8.69. The molecule has 0 atom stereocenters. The minimum atomic E-state index is -0.125. The minimum absolute atomic E-state index is 0. The van der Waals surface area contributed by atoms with E-state index >= 15 is 0 Å². The van der Waals surface area contributed by atoms with E-state index in [1.165, 1.54) is 63.4 Å². The number of aryl methyl sites for hydroxylation is 2. The quantitative estimate of drug-likeness (QED) is 0.109. The fourth-order valence-corrected chi connectivity index (χ4v) is 6.00. The molecule has 0 amide bonds. The first-order chi connectivity index (χ1) is 23.8. The molecule has 0 aliphatic rings. The van der Waals surface area contributed by atoms with Gasteiger partial charge < -0.3 is 5.11 Å². The molecule has 249 valence electrons.